The van der Waals surface area contributed by atoms with Crippen molar-refractivity contribution in [3.8, 4) is 39.3 Å². The van der Waals surface area contributed by atoms with Crippen LogP contribution in [0.15, 0.2) is 261 Å². The molecule has 14 rings (SSSR count). The van der Waals surface area contributed by atoms with Gasteiger partial charge in [-0.15, -0.1) is 0 Å². The lowest BCUT2D eigenvalue weighted by molar-refractivity contribution is 0.478. The molecule has 3 heterocycles. The molecule has 0 saturated heterocycles. The molecule has 382 valence electrons. The minimum atomic E-state index is -0.231. The molecule has 0 spiro atoms. The van der Waals surface area contributed by atoms with Gasteiger partial charge in [0.2, 0.25) is 0 Å². The van der Waals surface area contributed by atoms with Gasteiger partial charge in [0.05, 0.1) is 33.1 Å². The van der Waals surface area contributed by atoms with Gasteiger partial charge in [-0.1, -0.05) is 228 Å². The zero-order valence-electron chi connectivity index (χ0n) is 45.5. The Balaban J connectivity index is 1.05. The van der Waals surface area contributed by atoms with Crippen LogP contribution in [0, 0.1) is 0 Å². The summed E-state index contributed by atoms with van der Waals surface area (Å²) in [6.45, 7) is 9.45. The Labute approximate surface area is 463 Å². The van der Waals surface area contributed by atoms with E-state index in [2.05, 4.69) is 302 Å². The maximum Gasteiger partial charge on any atom is 0.0788 e. The Morgan fingerprint density at radius 3 is 1.23 bits per heavy atom. The van der Waals surface area contributed by atoms with Crippen molar-refractivity contribution in [3.05, 3.63) is 283 Å². The van der Waals surface area contributed by atoms with Crippen molar-refractivity contribution in [2.24, 2.45) is 0 Å². The van der Waals surface area contributed by atoms with Crippen LogP contribution in [0.4, 0.5) is 0 Å². The van der Waals surface area contributed by atoms with Crippen molar-refractivity contribution < 1.29 is 0 Å². The molecule has 0 N–H and O–H groups in total. The molecule has 79 heavy (non-hydrogen) atoms. The van der Waals surface area contributed by atoms with Crippen LogP contribution in [0.1, 0.15) is 75.6 Å². The summed E-state index contributed by atoms with van der Waals surface area (Å²) >= 11 is 0. The fourth-order valence-electron chi connectivity index (χ4n) is 14.0. The van der Waals surface area contributed by atoms with E-state index < -0.39 is 0 Å². The summed E-state index contributed by atoms with van der Waals surface area (Å²) in [7, 11) is 0. The fraction of sp³-hybridized carbons (Fsp3) is 0.132. The average Bonchev–Trinajstić information content (AvgIpc) is 4.39. The number of fused-ring (bicyclic) bond motifs is 10. The molecule has 0 aliphatic rings. The Bertz CT molecular complexity index is 4580. The number of hydrogen-bond acceptors (Lipinski definition) is 0. The highest BCUT2D eigenvalue weighted by molar-refractivity contribution is 6.24. The highest BCUT2D eigenvalue weighted by Crippen LogP contribution is 2.47. The number of hydrogen-bond donors (Lipinski definition) is 0. The van der Waals surface area contributed by atoms with Gasteiger partial charge in [0, 0.05) is 60.2 Å². The van der Waals surface area contributed by atoms with Gasteiger partial charge < -0.3 is 13.7 Å². The van der Waals surface area contributed by atoms with E-state index in [1.165, 1.54) is 110 Å². The molecule has 0 bridgehead atoms. The summed E-state index contributed by atoms with van der Waals surface area (Å²) in [5.41, 5.74) is 20.5. The first-order valence-corrected chi connectivity index (χ1v) is 28.5. The van der Waals surface area contributed by atoms with E-state index in [1.54, 1.807) is 0 Å². The quantitative estimate of drug-likeness (QED) is 0.109. The van der Waals surface area contributed by atoms with Crippen molar-refractivity contribution >= 4 is 65.4 Å². The molecule has 0 saturated carbocycles. The second kappa shape index (κ2) is 19.4. The molecule has 3 heteroatoms. The third-order valence-electron chi connectivity index (χ3n) is 18.1. The normalized spacial score (nSPS) is 12.3. The number of rotatable bonds is 13. The van der Waals surface area contributed by atoms with E-state index in [0.717, 1.165) is 42.7 Å². The van der Waals surface area contributed by atoms with Crippen molar-refractivity contribution in [2.45, 2.75) is 64.2 Å². The van der Waals surface area contributed by atoms with E-state index in [1.807, 2.05) is 0 Å². The van der Waals surface area contributed by atoms with E-state index in [9.17, 15) is 0 Å². The minimum absolute atomic E-state index is 0.116. The molecule has 3 nitrogen and oxygen atoms in total. The van der Waals surface area contributed by atoms with Gasteiger partial charge in [-0.25, -0.2) is 0 Å². The van der Waals surface area contributed by atoms with Crippen molar-refractivity contribution in [1.29, 1.82) is 0 Å². The summed E-state index contributed by atoms with van der Waals surface area (Å²) in [4.78, 5) is 0. The fourth-order valence-corrected chi connectivity index (χ4v) is 14.0. The van der Waals surface area contributed by atoms with Crippen LogP contribution in [-0.4, -0.2) is 13.7 Å². The smallest absolute Gasteiger partial charge is 0.0788 e. The zero-order chi connectivity index (χ0) is 53.2. The van der Waals surface area contributed by atoms with Crippen molar-refractivity contribution in [1.82, 2.24) is 13.7 Å². The molecule has 0 radical (unpaired) electrons. The number of benzene rings is 11. The maximum absolute atomic E-state index is 2.61. The van der Waals surface area contributed by atoms with Gasteiger partial charge in [-0.2, -0.15) is 0 Å². The van der Waals surface area contributed by atoms with Gasteiger partial charge in [-0.05, 0) is 131 Å². The predicted octanol–water partition coefficient (Wildman–Crippen LogP) is 20.5. The standard InChI is InChI=1S/C76H63N3/c1-5-75(6-2,56-30-14-10-15-31-56)58-34-24-28-53(46-58)55-47-59(76(7-3,8-4)57-32-16-11-17-33-57)50-62(49-55)79-71-41-23-19-37-64(71)67-44-43-66-63-36-18-22-40-70(63)78(73(66)74(67)79)61-42-45-72-68(51-61)65-38-20-21-39-69(65)77(72)60-35-25-29-54(48-60)52-26-12-9-13-27-52/h9-51H,5-8H2,1-4H3. The molecular formula is C76H63N3. The van der Waals surface area contributed by atoms with Crippen LogP contribution in [0.3, 0.4) is 0 Å². The zero-order valence-corrected chi connectivity index (χ0v) is 45.5. The van der Waals surface area contributed by atoms with E-state index in [-0.39, 0.29) is 10.8 Å². The summed E-state index contributed by atoms with van der Waals surface area (Å²) in [6.07, 6.45) is 3.94. The summed E-state index contributed by atoms with van der Waals surface area (Å²) in [5, 5.41) is 7.38. The highest BCUT2D eigenvalue weighted by atomic mass is 15.0. The van der Waals surface area contributed by atoms with Crippen LogP contribution < -0.4 is 0 Å². The highest BCUT2D eigenvalue weighted by Gasteiger charge is 2.34. The lowest BCUT2D eigenvalue weighted by atomic mass is 9.69. The first-order chi connectivity index (χ1) is 39.0. The summed E-state index contributed by atoms with van der Waals surface area (Å²) < 4.78 is 7.61. The molecular weight excluding hydrogens is 955 g/mol. The molecule has 0 unspecified atom stereocenters. The van der Waals surface area contributed by atoms with Crippen LogP contribution in [0.25, 0.3) is 105 Å². The van der Waals surface area contributed by atoms with E-state index in [0.29, 0.717) is 0 Å². The van der Waals surface area contributed by atoms with Gasteiger partial charge in [0.1, 0.15) is 0 Å². The Morgan fingerprint density at radius 2 is 0.646 bits per heavy atom. The Hall–Kier alpha value is -9.18. The van der Waals surface area contributed by atoms with Gasteiger partial charge >= 0.3 is 0 Å². The third kappa shape index (κ3) is 7.54. The molecule has 0 aliphatic carbocycles. The number of para-hydroxylation sites is 3. The molecule has 0 atom stereocenters. The monoisotopic (exact) mass is 1020 g/mol. The van der Waals surface area contributed by atoms with Crippen molar-refractivity contribution in [3.63, 3.8) is 0 Å². The third-order valence-corrected chi connectivity index (χ3v) is 18.1. The van der Waals surface area contributed by atoms with Crippen molar-refractivity contribution in [2.75, 3.05) is 0 Å². The Morgan fingerprint density at radius 1 is 0.241 bits per heavy atom. The first-order valence-electron chi connectivity index (χ1n) is 28.5. The molecule has 0 fully saturated rings. The van der Waals surface area contributed by atoms with Gasteiger partial charge in [-0.3, -0.25) is 0 Å². The first kappa shape index (κ1) is 48.2. The molecule has 0 aliphatic heterocycles. The van der Waals surface area contributed by atoms with Gasteiger partial charge in [0.25, 0.3) is 0 Å². The van der Waals surface area contributed by atoms with Crippen LogP contribution in [0.2, 0.25) is 0 Å². The summed E-state index contributed by atoms with van der Waals surface area (Å²) in [5.74, 6) is 0. The summed E-state index contributed by atoms with van der Waals surface area (Å²) in [6, 6.07) is 98.0. The SMILES string of the molecule is CCC(CC)(c1ccccc1)c1cccc(-c2cc(-n3c4ccccc4c4ccc5c6ccccc6n(-c6ccc7c(c6)c6ccccc6n7-c6cccc(-c7ccccc7)c6)c5c43)cc(C(CC)(CC)c3ccccc3)c2)c1. The molecule has 3 aromatic heterocycles. The van der Waals surface area contributed by atoms with Crippen LogP contribution in [-0.2, 0) is 10.8 Å². The van der Waals surface area contributed by atoms with Crippen LogP contribution >= 0.6 is 0 Å². The minimum Gasteiger partial charge on any atom is -0.309 e. The second-order valence-corrected chi connectivity index (χ2v) is 21.7. The Kier molecular flexibility index (Phi) is 11.8. The molecule has 14 aromatic rings. The maximum atomic E-state index is 2.61. The van der Waals surface area contributed by atoms with Gasteiger partial charge in [0.15, 0.2) is 0 Å². The predicted molar refractivity (Wildman–Crippen MR) is 336 cm³/mol. The topological polar surface area (TPSA) is 14.8 Å². The van der Waals surface area contributed by atoms with E-state index in [4.69, 9.17) is 0 Å². The second-order valence-electron chi connectivity index (χ2n) is 21.7. The lowest BCUT2D eigenvalue weighted by Gasteiger charge is -2.35. The average molecular weight is 1020 g/mol. The van der Waals surface area contributed by atoms with Crippen LogP contribution in [0.5, 0.6) is 0 Å². The lowest BCUT2D eigenvalue weighted by Crippen LogP contribution is -2.26. The number of aromatic nitrogens is 3. The molecule has 0 amide bonds. The largest absolute Gasteiger partial charge is 0.309 e. The van der Waals surface area contributed by atoms with E-state index >= 15 is 0 Å². The number of nitrogens with zero attached hydrogens (tertiary/aromatic N) is 3. The molecule has 11 aromatic carbocycles.